The van der Waals surface area contributed by atoms with E-state index in [-0.39, 0.29) is 17.3 Å². The first-order chi connectivity index (χ1) is 14.7. The number of hydrogen-bond acceptors (Lipinski definition) is 5. The van der Waals surface area contributed by atoms with E-state index in [1.807, 2.05) is 4.57 Å². The molecule has 2 aromatic heterocycles. The molecule has 3 aliphatic rings. The lowest BCUT2D eigenvalue weighted by atomic mass is 9.95. The van der Waals surface area contributed by atoms with Crippen molar-refractivity contribution >= 4 is 21.6 Å². The summed E-state index contributed by atoms with van der Waals surface area (Å²) < 4.78 is 9.07. The third-order valence-corrected chi connectivity index (χ3v) is 8.52. The van der Waals surface area contributed by atoms with Crippen molar-refractivity contribution in [3.63, 3.8) is 0 Å². The Hall–Kier alpha value is -1.44. The predicted molar refractivity (Wildman–Crippen MR) is 121 cm³/mol. The number of hydrogen-bond donors (Lipinski definition) is 0. The normalized spacial score (nSPS) is 21.6. The summed E-state index contributed by atoms with van der Waals surface area (Å²) in [6.07, 6.45) is 11.0. The predicted octanol–water partition coefficient (Wildman–Crippen LogP) is 3.33. The number of nitrogens with zero attached hydrogens (tertiary/aromatic N) is 3. The fourth-order valence-corrected chi connectivity index (χ4v) is 6.89. The average Bonchev–Trinajstić information content (AvgIpc) is 2.98. The first-order valence-corrected chi connectivity index (χ1v) is 12.7. The maximum atomic E-state index is 13.7. The van der Waals surface area contributed by atoms with Gasteiger partial charge in [-0.2, -0.15) is 0 Å². The Balaban J connectivity index is 1.62. The minimum Gasteiger partial charge on any atom is -0.379 e. The second-order valence-electron chi connectivity index (χ2n) is 9.10. The van der Waals surface area contributed by atoms with Crippen LogP contribution < -0.4 is 11.2 Å². The van der Waals surface area contributed by atoms with Crippen molar-refractivity contribution < 1.29 is 4.74 Å². The molecule has 30 heavy (non-hydrogen) atoms. The maximum absolute atomic E-state index is 13.7. The summed E-state index contributed by atoms with van der Waals surface area (Å²) in [5, 5.41) is 0.865. The average molecular weight is 432 g/mol. The van der Waals surface area contributed by atoms with Gasteiger partial charge in [-0.05, 0) is 44.1 Å². The molecule has 0 bridgehead atoms. The standard InChI is InChI=1S/C23H33N3O3S/c27-21-20-18-9-5-2-6-10-19(18)30-22(20)25(12-11-24-13-15-29-16-14-24)23(28)26(21)17-7-3-1-4-8-17/h17H,1-16H2. The molecule has 5 rings (SSSR count). The molecule has 0 unspecified atom stereocenters. The molecule has 0 radical (unpaired) electrons. The van der Waals surface area contributed by atoms with Crippen LogP contribution in [0.3, 0.4) is 0 Å². The van der Waals surface area contributed by atoms with E-state index in [0.29, 0.717) is 6.54 Å². The molecule has 0 aromatic carbocycles. The second-order valence-corrected chi connectivity index (χ2v) is 10.2. The summed E-state index contributed by atoms with van der Waals surface area (Å²) in [5.74, 6) is 0. The zero-order valence-corrected chi connectivity index (χ0v) is 18.7. The van der Waals surface area contributed by atoms with Crippen LogP contribution in [0.1, 0.15) is 67.8 Å². The van der Waals surface area contributed by atoms with Crippen LogP contribution >= 0.6 is 11.3 Å². The molecule has 0 N–H and O–H groups in total. The highest BCUT2D eigenvalue weighted by Crippen LogP contribution is 2.34. The van der Waals surface area contributed by atoms with E-state index in [1.165, 1.54) is 29.7 Å². The van der Waals surface area contributed by atoms with Crippen molar-refractivity contribution in [2.24, 2.45) is 0 Å². The van der Waals surface area contributed by atoms with Gasteiger partial charge in [-0.15, -0.1) is 11.3 Å². The van der Waals surface area contributed by atoms with Gasteiger partial charge in [-0.3, -0.25) is 18.8 Å². The highest BCUT2D eigenvalue weighted by atomic mass is 32.1. The molecule has 2 aromatic rings. The molecule has 2 fully saturated rings. The van der Waals surface area contributed by atoms with Gasteiger partial charge in [0.15, 0.2) is 0 Å². The Morgan fingerprint density at radius 3 is 2.43 bits per heavy atom. The van der Waals surface area contributed by atoms with Gasteiger partial charge in [0.05, 0.1) is 18.6 Å². The third-order valence-electron chi connectivity index (χ3n) is 7.20. The van der Waals surface area contributed by atoms with Crippen LogP contribution in [0.5, 0.6) is 0 Å². The fourth-order valence-electron chi connectivity index (χ4n) is 5.49. The van der Waals surface area contributed by atoms with E-state index in [1.54, 1.807) is 15.9 Å². The van der Waals surface area contributed by atoms with Crippen LogP contribution in [0, 0.1) is 0 Å². The first kappa shape index (κ1) is 20.5. The molecule has 0 atom stereocenters. The number of morpholine rings is 1. The summed E-state index contributed by atoms with van der Waals surface area (Å²) in [4.78, 5) is 32.0. The topological polar surface area (TPSA) is 56.5 Å². The van der Waals surface area contributed by atoms with Crippen LogP contribution in [-0.4, -0.2) is 46.9 Å². The molecule has 3 heterocycles. The minimum atomic E-state index is -0.0796. The number of thiophene rings is 1. The van der Waals surface area contributed by atoms with Crippen molar-refractivity contribution in [3.8, 4) is 0 Å². The molecule has 7 heteroatoms. The van der Waals surface area contributed by atoms with Crippen molar-refractivity contribution in [2.75, 3.05) is 32.8 Å². The lowest BCUT2D eigenvalue weighted by molar-refractivity contribution is 0.0363. The van der Waals surface area contributed by atoms with E-state index in [9.17, 15) is 9.59 Å². The fraction of sp³-hybridized carbons (Fsp3) is 0.739. The molecule has 1 saturated carbocycles. The quantitative estimate of drug-likeness (QED) is 0.697. The van der Waals surface area contributed by atoms with E-state index >= 15 is 0 Å². The van der Waals surface area contributed by atoms with Gasteiger partial charge in [0.1, 0.15) is 4.83 Å². The molecule has 0 spiro atoms. The molecule has 2 aliphatic carbocycles. The summed E-state index contributed by atoms with van der Waals surface area (Å²) in [6.45, 7) is 4.85. The van der Waals surface area contributed by atoms with Crippen LogP contribution in [0.25, 0.3) is 10.2 Å². The van der Waals surface area contributed by atoms with Crippen LogP contribution in [0.15, 0.2) is 9.59 Å². The van der Waals surface area contributed by atoms with Gasteiger partial charge >= 0.3 is 5.69 Å². The molecule has 1 saturated heterocycles. The van der Waals surface area contributed by atoms with Gasteiger partial charge in [0.2, 0.25) is 0 Å². The van der Waals surface area contributed by atoms with Crippen molar-refractivity contribution in [1.82, 2.24) is 14.0 Å². The van der Waals surface area contributed by atoms with Crippen LogP contribution in [0.4, 0.5) is 0 Å². The molecule has 1 aliphatic heterocycles. The van der Waals surface area contributed by atoms with E-state index in [2.05, 4.69) is 4.90 Å². The van der Waals surface area contributed by atoms with Crippen molar-refractivity contribution in [2.45, 2.75) is 76.8 Å². The zero-order chi connectivity index (χ0) is 20.5. The van der Waals surface area contributed by atoms with Gasteiger partial charge < -0.3 is 4.74 Å². The largest absolute Gasteiger partial charge is 0.379 e. The highest BCUT2D eigenvalue weighted by Gasteiger charge is 2.27. The molecular formula is C23H33N3O3S. The lowest BCUT2D eigenvalue weighted by Crippen LogP contribution is -2.45. The van der Waals surface area contributed by atoms with Gasteiger partial charge in [0, 0.05) is 37.1 Å². The lowest BCUT2D eigenvalue weighted by Gasteiger charge is -2.27. The number of fused-ring (bicyclic) bond motifs is 3. The van der Waals surface area contributed by atoms with Gasteiger partial charge in [-0.25, -0.2) is 4.79 Å². The smallest absolute Gasteiger partial charge is 0.332 e. The minimum absolute atomic E-state index is 0.0103. The van der Waals surface area contributed by atoms with Gasteiger partial charge in [0.25, 0.3) is 5.56 Å². The SMILES string of the molecule is O=c1c2c3c(sc2n(CCN2CCOCC2)c(=O)n1C1CCCCC1)CCCCC3. The monoisotopic (exact) mass is 431 g/mol. The number of rotatable bonds is 4. The Kier molecular flexibility index (Phi) is 6.12. The molecule has 164 valence electrons. The Morgan fingerprint density at radius 1 is 0.900 bits per heavy atom. The number of ether oxygens (including phenoxy) is 1. The van der Waals surface area contributed by atoms with Crippen LogP contribution in [-0.2, 0) is 24.1 Å². The molecular weight excluding hydrogens is 398 g/mol. The summed E-state index contributed by atoms with van der Waals surface area (Å²) in [6, 6.07) is 0.0686. The Labute approximate surface area is 181 Å². The summed E-state index contributed by atoms with van der Waals surface area (Å²) in [7, 11) is 0. The van der Waals surface area contributed by atoms with E-state index < -0.39 is 0 Å². The van der Waals surface area contributed by atoms with Gasteiger partial charge in [-0.1, -0.05) is 25.7 Å². The Morgan fingerprint density at radius 2 is 1.63 bits per heavy atom. The summed E-state index contributed by atoms with van der Waals surface area (Å²) >= 11 is 1.72. The number of aryl methyl sites for hydroxylation is 2. The maximum Gasteiger partial charge on any atom is 0.332 e. The first-order valence-electron chi connectivity index (χ1n) is 11.8. The van der Waals surface area contributed by atoms with E-state index in [0.717, 1.165) is 88.0 Å². The second kappa shape index (κ2) is 8.97. The molecule has 6 nitrogen and oxygen atoms in total. The Bertz CT molecular complexity index is 1010. The van der Waals surface area contributed by atoms with Crippen LogP contribution in [0.2, 0.25) is 0 Å². The molecule has 0 amide bonds. The van der Waals surface area contributed by atoms with Crippen molar-refractivity contribution in [1.29, 1.82) is 0 Å². The summed E-state index contributed by atoms with van der Waals surface area (Å²) in [5.41, 5.74) is 1.16. The van der Waals surface area contributed by atoms with Crippen molar-refractivity contribution in [3.05, 3.63) is 31.3 Å². The highest BCUT2D eigenvalue weighted by molar-refractivity contribution is 7.18. The van der Waals surface area contributed by atoms with E-state index in [4.69, 9.17) is 4.74 Å². The number of aromatic nitrogens is 2. The zero-order valence-electron chi connectivity index (χ0n) is 17.9. The third kappa shape index (κ3) is 3.80.